The number of carbonyl (C=O) groups excluding carboxylic acids is 1. The van der Waals surface area contributed by atoms with Crippen molar-refractivity contribution < 1.29 is 14.3 Å². The van der Waals surface area contributed by atoms with Crippen LogP contribution in [0, 0.1) is 0 Å². The van der Waals surface area contributed by atoms with Crippen LogP contribution in [0.15, 0.2) is 47.6 Å². The van der Waals surface area contributed by atoms with E-state index in [1.807, 2.05) is 12.1 Å². The minimum atomic E-state index is -0.0443. The summed E-state index contributed by atoms with van der Waals surface area (Å²) < 4.78 is 10.6. The highest BCUT2D eigenvalue weighted by atomic mass is 32.2. The highest BCUT2D eigenvalue weighted by Crippen LogP contribution is 2.31. The Hall–Kier alpha value is -3.00. The fourth-order valence-corrected chi connectivity index (χ4v) is 3.65. The summed E-state index contributed by atoms with van der Waals surface area (Å²) in [5.41, 5.74) is 3.31. The number of methoxy groups -OCH3 is 2. The maximum Gasteiger partial charge on any atom is 0.230 e. The Labute approximate surface area is 187 Å². The van der Waals surface area contributed by atoms with Gasteiger partial charge in [-0.3, -0.25) is 9.89 Å². The minimum Gasteiger partial charge on any atom is -0.497 e. The van der Waals surface area contributed by atoms with Crippen molar-refractivity contribution in [2.24, 2.45) is 0 Å². The van der Waals surface area contributed by atoms with Crippen molar-refractivity contribution >= 4 is 17.7 Å². The first-order chi connectivity index (χ1) is 15.0. The first kappa shape index (κ1) is 22.7. The Bertz CT molecular complexity index is 1000. The maximum atomic E-state index is 12.2. The molecule has 0 aliphatic carbocycles. The van der Waals surface area contributed by atoms with Crippen molar-refractivity contribution in [3.8, 4) is 22.9 Å². The van der Waals surface area contributed by atoms with E-state index in [0.717, 1.165) is 12.0 Å². The van der Waals surface area contributed by atoms with Crippen LogP contribution in [-0.4, -0.2) is 47.6 Å². The van der Waals surface area contributed by atoms with Crippen LogP contribution in [0.2, 0.25) is 0 Å². The third kappa shape index (κ3) is 6.24. The maximum absolute atomic E-state index is 12.2. The average molecular weight is 441 g/mol. The monoisotopic (exact) mass is 440 g/mol. The molecule has 0 atom stereocenters. The number of carbonyl (C=O) groups is 1. The molecule has 31 heavy (non-hydrogen) atoms. The average Bonchev–Trinajstić information content (AvgIpc) is 3.26. The van der Waals surface area contributed by atoms with E-state index in [1.165, 1.54) is 22.9 Å². The van der Waals surface area contributed by atoms with Gasteiger partial charge in [0.15, 0.2) is 5.82 Å². The van der Waals surface area contributed by atoms with Crippen LogP contribution in [0.1, 0.15) is 30.9 Å². The quantitative estimate of drug-likeness (QED) is 0.462. The minimum absolute atomic E-state index is 0.0443. The molecule has 0 saturated heterocycles. The Morgan fingerprint density at radius 2 is 1.90 bits per heavy atom. The summed E-state index contributed by atoms with van der Waals surface area (Å²) in [6.07, 6.45) is 0.802. The van der Waals surface area contributed by atoms with Crippen LogP contribution in [0.5, 0.6) is 11.5 Å². The molecule has 0 aliphatic heterocycles. The Kier molecular flexibility index (Phi) is 7.94. The molecule has 0 aliphatic rings. The second-order valence-electron chi connectivity index (χ2n) is 7.32. The molecular weight excluding hydrogens is 412 g/mol. The molecule has 1 aromatic heterocycles. The lowest BCUT2D eigenvalue weighted by atomic mass is 10.0. The number of H-pyrrole nitrogens is 1. The molecule has 164 valence electrons. The Morgan fingerprint density at radius 1 is 1.13 bits per heavy atom. The molecule has 0 saturated carbocycles. The molecule has 3 aromatic rings. The second kappa shape index (κ2) is 10.9. The second-order valence-corrected chi connectivity index (χ2v) is 8.26. The molecule has 7 nitrogen and oxygen atoms in total. The normalized spacial score (nSPS) is 10.9. The lowest BCUT2D eigenvalue weighted by molar-refractivity contribution is -0.118. The molecule has 2 N–H and O–H groups in total. The van der Waals surface area contributed by atoms with Crippen LogP contribution in [-0.2, 0) is 11.2 Å². The Balaban J connectivity index is 1.47. The number of nitrogens with zero attached hydrogens (tertiary/aromatic N) is 2. The van der Waals surface area contributed by atoms with E-state index >= 15 is 0 Å². The molecule has 1 heterocycles. The van der Waals surface area contributed by atoms with Gasteiger partial charge < -0.3 is 14.8 Å². The predicted octanol–water partition coefficient (Wildman–Crippen LogP) is 4.06. The highest BCUT2D eigenvalue weighted by Gasteiger charge is 2.13. The van der Waals surface area contributed by atoms with Gasteiger partial charge in [-0.25, -0.2) is 4.98 Å². The highest BCUT2D eigenvalue weighted by molar-refractivity contribution is 7.99. The zero-order valence-corrected chi connectivity index (χ0v) is 19.1. The number of benzene rings is 2. The zero-order valence-electron chi connectivity index (χ0n) is 18.3. The summed E-state index contributed by atoms with van der Waals surface area (Å²) in [4.78, 5) is 16.6. The lowest BCUT2D eigenvalue weighted by Gasteiger charge is -2.08. The van der Waals surface area contributed by atoms with Crippen molar-refractivity contribution in [3.05, 3.63) is 53.6 Å². The van der Waals surface area contributed by atoms with Crippen molar-refractivity contribution in [3.63, 3.8) is 0 Å². The zero-order chi connectivity index (χ0) is 22.2. The topological polar surface area (TPSA) is 89.1 Å². The van der Waals surface area contributed by atoms with E-state index < -0.39 is 0 Å². The molecule has 0 radical (unpaired) electrons. The molecule has 0 unspecified atom stereocenters. The first-order valence-corrected chi connectivity index (χ1v) is 11.1. The third-order valence-corrected chi connectivity index (χ3v) is 5.69. The number of rotatable bonds is 10. The fraction of sp³-hybridized carbons (Fsp3) is 0.348. The summed E-state index contributed by atoms with van der Waals surface area (Å²) >= 11 is 1.29. The van der Waals surface area contributed by atoms with Gasteiger partial charge in [-0.1, -0.05) is 49.9 Å². The van der Waals surface area contributed by atoms with Gasteiger partial charge in [0.05, 0.1) is 25.5 Å². The number of hydrogen-bond acceptors (Lipinski definition) is 6. The number of nitrogens with one attached hydrogen (secondary N) is 2. The van der Waals surface area contributed by atoms with Crippen LogP contribution >= 0.6 is 11.8 Å². The number of thioether (sulfide) groups is 1. The molecule has 2 aromatic carbocycles. The van der Waals surface area contributed by atoms with E-state index in [-0.39, 0.29) is 11.7 Å². The van der Waals surface area contributed by atoms with E-state index in [9.17, 15) is 4.79 Å². The van der Waals surface area contributed by atoms with E-state index in [1.54, 1.807) is 20.3 Å². The molecule has 0 fully saturated rings. The van der Waals surface area contributed by atoms with Gasteiger partial charge in [0.25, 0.3) is 0 Å². The number of aromatic amines is 1. The van der Waals surface area contributed by atoms with Gasteiger partial charge in [0, 0.05) is 12.6 Å². The predicted molar refractivity (Wildman–Crippen MR) is 123 cm³/mol. The van der Waals surface area contributed by atoms with Crippen molar-refractivity contribution in [1.82, 2.24) is 20.5 Å². The molecule has 1 amide bonds. The summed E-state index contributed by atoms with van der Waals surface area (Å²) in [6, 6.07) is 14.0. The van der Waals surface area contributed by atoms with Crippen LogP contribution in [0.4, 0.5) is 0 Å². The van der Waals surface area contributed by atoms with E-state index in [4.69, 9.17) is 9.47 Å². The SMILES string of the molecule is COc1ccc(-c2nc(SCC(=O)NCCc3ccc(C(C)C)cc3)n[nH]2)c(OC)c1. The molecule has 0 spiro atoms. The van der Waals surface area contributed by atoms with Gasteiger partial charge in [-0.15, -0.1) is 5.10 Å². The number of hydrogen-bond donors (Lipinski definition) is 2. The van der Waals surface area contributed by atoms with Crippen molar-refractivity contribution in [2.45, 2.75) is 31.3 Å². The van der Waals surface area contributed by atoms with Crippen LogP contribution < -0.4 is 14.8 Å². The summed E-state index contributed by atoms with van der Waals surface area (Å²) in [5, 5.41) is 10.5. The summed E-state index contributed by atoms with van der Waals surface area (Å²) in [5.74, 6) is 2.63. The Morgan fingerprint density at radius 3 is 2.58 bits per heavy atom. The summed E-state index contributed by atoms with van der Waals surface area (Å²) in [7, 11) is 3.19. The first-order valence-electron chi connectivity index (χ1n) is 10.1. The van der Waals surface area contributed by atoms with Gasteiger partial charge in [-0.05, 0) is 35.6 Å². The van der Waals surface area contributed by atoms with E-state index in [2.05, 4.69) is 58.6 Å². The van der Waals surface area contributed by atoms with Gasteiger partial charge >= 0.3 is 0 Å². The standard InChI is InChI=1S/C23H28N4O3S/c1-15(2)17-7-5-16(6-8-17)11-12-24-21(28)14-31-23-25-22(26-27-23)19-10-9-18(29-3)13-20(19)30-4/h5-10,13,15H,11-12,14H2,1-4H3,(H,24,28)(H,25,26,27). The van der Waals surface area contributed by atoms with Crippen LogP contribution in [0.25, 0.3) is 11.4 Å². The van der Waals surface area contributed by atoms with Gasteiger partial charge in [-0.2, -0.15) is 0 Å². The number of ether oxygens (including phenoxy) is 2. The molecule has 8 heteroatoms. The van der Waals surface area contributed by atoms with E-state index in [0.29, 0.717) is 34.9 Å². The van der Waals surface area contributed by atoms with Gasteiger partial charge in [0.2, 0.25) is 11.1 Å². The molecule has 3 rings (SSSR count). The smallest absolute Gasteiger partial charge is 0.230 e. The third-order valence-electron chi connectivity index (χ3n) is 4.84. The number of aromatic nitrogens is 3. The number of amides is 1. The van der Waals surface area contributed by atoms with Crippen LogP contribution in [0.3, 0.4) is 0 Å². The fourth-order valence-electron chi connectivity index (χ4n) is 3.02. The van der Waals surface area contributed by atoms with Crippen molar-refractivity contribution in [1.29, 1.82) is 0 Å². The largest absolute Gasteiger partial charge is 0.497 e. The van der Waals surface area contributed by atoms with Gasteiger partial charge in [0.1, 0.15) is 11.5 Å². The lowest BCUT2D eigenvalue weighted by Crippen LogP contribution is -2.27. The molecule has 0 bridgehead atoms. The van der Waals surface area contributed by atoms with Crippen molar-refractivity contribution in [2.75, 3.05) is 26.5 Å². The summed E-state index contributed by atoms with van der Waals surface area (Å²) in [6.45, 7) is 4.96. The molecular formula is C23H28N4O3S.